The summed E-state index contributed by atoms with van der Waals surface area (Å²) in [4.78, 5) is 14.7. The van der Waals surface area contributed by atoms with Crippen molar-refractivity contribution in [2.24, 2.45) is 0 Å². The van der Waals surface area contributed by atoms with Crippen LogP contribution in [-0.2, 0) is 0 Å². The van der Waals surface area contributed by atoms with Crippen LogP contribution in [0, 0.1) is 17.0 Å². The zero-order chi connectivity index (χ0) is 13.1. The van der Waals surface area contributed by atoms with E-state index in [1.807, 2.05) is 18.4 Å². The molecule has 0 bridgehead atoms. The van der Waals surface area contributed by atoms with Gasteiger partial charge >= 0.3 is 0 Å². The highest BCUT2D eigenvalue weighted by Gasteiger charge is 2.13. The summed E-state index contributed by atoms with van der Waals surface area (Å²) >= 11 is 1.56. The Morgan fingerprint density at radius 2 is 2.28 bits per heavy atom. The summed E-state index contributed by atoms with van der Waals surface area (Å²) in [6, 6.07) is 5.17. The third-order valence-corrected chi connectivity index (χ3v) is 3.57. The van der Waals surface area contributed by atoms with E-state index in [9.17, 15) is 10.1 Å². The van der Waals surface area contributed by atoms with E-state index in [0.29, 0.717) is 5.56 Å². The Hall–Kier alpha value is -1.95. The van der Waals surface area contributed by atoms with Crippen LogP contribution in [0.5, 0.6) is 0 Å². The Morgan fingerprint density at radius 1 is 1.50 bits per heavy atom. The summed E-state index contributed by atoms with van der Waals surface area (Å²) in [5, 5.41) is 16.9. The van der Waals surface area contributed by atoms with Gasteiger partial charge in [-0.2, -0.15) is 0 Å². The average Bonchev–Trinajstić information content (AvgIpc) is 2.85. The minimum absolute atomic E-state index is 0.0345. The molecule has 1 heterocycles. The Kier molecular flexibility index (Phi) is 3.57. The molecule has 0 saturated carbocycles. The summed E-state index contributed by atoms with van der Waals surface area (Å²) in [5.74, 6) is 0. The molecular weight excluding hydrogens is 250 g/mol. The first-order valence-corrected chi connectivity index (χ1v) is 6.37. The van der Waals surface area contributed by atoms with Gasteiger partial charge in [-0.1, -0.05) is 6.07 Å². The lowest BCUT2D eigenvalue weighted by atomic mass is 10.1. The maximum Gasteiger partial charge on any atom is 0.274 e. The second-order valence-corrected chi connectivity index (χ2v) is 4.92. The second kappa shape index (κ2) is 5.14. The number of benzene rings is 1. The van der Waals surface area contributed by atoms with Crippen LogP contribution >= 0.6 is 11.3 Å². The van der Waals surface area contributed by atoms with Gasteiger partial charge in [0.05, 0.1) is 11.0 Å². The number of nitrogens with one attached hydrogen (secondary N) is 1. The normalized spacial score (nSPS) is 12.1. The fourth-order valence-corrected chi connectivity index (χ4v) is 2.30. The Bertz CT molecular complexity index is 554. The van der Waals surface area contributed by atoms with Crippen molar-refractivity contribution in [2.75, 3.05) is 5.32 Å². The number of nitro benzene ring substituents is 1. The quantitative estimate of drug-likeness (QED) is 0.676. The molecule has 1 N–H and O–H groups in total. The lowest BCUT2D eigenvalue weighted by Crippen LogP contribution is -2.06. The van der Waals surface area contributed by atoms with Gasteiger partial charge < -0.3 is 5.32 Å². The number of thiazole rings is 1. The number of hydrogen-bond donors (Lipinski definition) is 1. The van der Waals surface area contributed by atoms with E-state index in [-0.39, 0.29) is 16.7 Å². The van der Waals surface area contributed by atoms with Crippen molar-refractivity contribution >= 4 is 22.7 Å². The molecule has 0 fully saturated rings. The first kappa shape index (κ1) is 12.5. The summed E-state index contributed by atoms with van der Waals surface area (Å²) in [6.07, 6.45) is 1.75. The van der Waals surface area contributed by atoms with Crippen LogP contribution in [0.25, 0.3) is 0 Å². The van der Waals surface area contributed by atoms with Crippen molar-refractivity contribution in [2.45, 2.75) is 19.9 Å². The van der Waals surface area contributed by atoms with Gasteiger partial charge in [0.25, 0.3) is 5.69 Å². The van der Waals surface area contributed by atoms with E-state index < -0.39 is 0 Å². The van der Waals surface area contributed by atoms with Crippen LogP contribution in [0.1, 0.15) is 23.5 Å². The van der Waals surface area contributed by atoms with Gasteiger partial charge in [0.2, 0.25) is 0 Å². The predicted octanol–water partition coefficient (Wildman–Crippen LogP) is 3.53. The number of nitro groups is 1. The van der Waals surface area contributed by atoms with E-state index in [0.717, 1.165) is 10.7 Å². The molecule has 1 aromatic heterocycles. The first-order valence-electron chi connectivity index (χ1n) is 5.49. The van der Waals surface area contributed by atoms with Crippen molar-refractivity contribution in [3.05, 3.63) is 50.5 Å². The lowest BCUT2D eigenvalue weighted by Gasteiger charge is -2.12. The lowest BCUT2D eigenvalue weighted by molar-refractivity contribution is -0.385. The number of rotatable bonds is 4. The third-order valence-electron chi connectivity index (χ3n) is 2.61. The number of nitrogens with zero attached hydrogens (tertiary/aromatic N) is 2. The topological polar surface area (TPSA) is 68.1 Å². The molecule has 0 radical (unpaired) electrons. The largest absolute Gasteiger partial charge is 0.376 e. The number of aryl methyl sites for hydroxylation is 1. The molecular formula is C12H13N3O2S. The van der Waals surface area contributed by atoms with Gasteiger partial charge in [0, 0.05) is 28.9 Å². The van der Waals surface area contributed by atoms with Crippen LogP contribution < -0.4 is 5.32 Å². The molecule has 5 nitrogen and oxygen atoms in total. The average molecular weight is 263 g/mol. The highest BCUT2D eigenvalue weighted by Crippen LogP contribution is 2.26. The molecule has 0 saturated heterocycles. The molecule has 0 aliphatic heterocycles. The zero-order valence-electron chi connectivity index (χ0n) is 10.1. The van der Waals surface area contributed by atoms with E-state index in [4.69, 9.17) is 0 Å². The van der Waals surface area contributed by atoms with E-state index in [2.05, 4.69) is 10.3 Å². The monoisotopic (exact) mass is 263 g/mol. The summed E-state index contributed by atoms with van der Waals surface area (Å²) in [5.41, 5.74) is 1.52. The number of hydrogen-bond acceptors (Lipinski definition) is 5. The van der Waals surface area contributed by atoms with E-state index in [1.54, 1.807) is 36.6 Å². The molecule has 1 unspecified atom stereocenters. The van der Waals surface area contributed by atoms with Gasteiger partial charge in [-0.15, -0.1) is 11.3 Å². The maximum absolute atomic E-state index is 10.9. The molecule has 2 aromatic rings. The molecule has 2 rings (SSSR count). The van der Waals surface area contributed by atoms with Gasteiger partial charge in [0.15, 0.2) is 0 Å². The van der Waals surface area contributed by atoms with Gasteiger partial charge in [0.1, 0.15) is 5.01 Å². The molecule has 0 aliphatic rings. The standard InChI is InChI=1S/C12H13N3O2S/c1-8-3-4-10(7-11(8)15(16)17)14-9(2)12-13-5-6-18-12/h3-7,9,14H,1-2H3. The van der Waals surface area contributed by atoms with Crippen LogP contribution in [0.4, 0.5) is 11.4 Å². The smallest absolute Gasteiger partial charge is 0.274 e. The highest BCUT2D eigenvalue weighted by atomic mass is 32.1. The molecule has 0 aliphatic carbocycles. The van der Waals surface area contributed by atoms with E-state index in [1.165, 1.54) is 0 Å². The predicted molar refractivity (Wildman–Crippen MR) is 72.0 cm³/mol. The summed E-state index contributed by atoms with van der Waals surface area (Å²) in [7, 11) is 0. The van der Waals surface area contributed by atoms with Crippen molar-refractivity contribution in [3.8, 4) is 0 Å². The van der Waals surface area contributed by atoms with Crippen molar-refractivity contribution in [3.63, 3.8) is 0 Å². The molecule has 18 heavy (non-hydrogen) atoms. The molecule has 1 atom stereocenters. The third kappa shape index (κ3) is 2.65. The minimum Gasteiger partial charge on any atom is -0.376 e. The number of anilines is 1. The molecule has 0 amide bonds. The highest BCUT2D eigenvalue weighted by molar-refractivity contribution is 7.09. The summed E-state index contributed by atoms with van der Waals surface area (Å²) in [6.45, 7) is 3.71. The van der Waals surface area contributed by atoms with E-state index >= 15 is 0 Å². The SMILES string of the molecule is Cc1ccc(NC(C)c2nccs2)cc1[N+](=O)[O-]. The van der Waals surface area contributed by atoms with Crippen molar-refractivity contribution in [1.29, 1.82) is 0 Å². The van der Waals surface area contributed by atoms with Crippen molar-refractivity contribution < 1.29 is 4.92 Å². The minimum atomic E-state index is -0.366. The Morgan fingerprint density at radius 3 is 2.89 bits per heavy atom. The maximum atomic E-state index is 10.9. The Labute approximate surface area is 109 Å². The summed E-state index contributed by atoms with van der Waals surface area (Å²) < 4.78 is 0. The van der Waals surface area contributed by atoms with Gasteiger partial charge in [-0.05, 0) is 19.9 Å². The zero-order valence-corrected chi connectivity index (χ0v) is 10.9. The second-order valence-electron chi connectivity index (χ2n) is 3.99. The fourth-order valence-electron chi connectivity index (χ4n) is 1.66. The number of aromatic nitrogens is 1. The van der Waals surface area contributed by atoms with Crippen molar-refractivity contribution in [1.82, 2.24) is 4.98 Å². The Balaban J connectivity index is 2.20. The molecule has 1 aromatic carbocycles. The first-order chi connectivity index (χ1) is 8.58. The fraction of sp³-hybridized carbons (Fsp3) is 0.250. The van der Waals surface area contributed by atoms with Crippen LogP contribution in [-0.4, -0.2) is 9.91 Å². The van der Waals surface area contributed by atoms with Crippen LogP contribution in [0.3, 0.4) is 0 Å². The van der Waals surface area contributed by atoms with Gasteiger partial charge in [-0.3, -0.25) is 10.1 Å². The van der Waals surface area contributed by atoms with Crippen LogP contribution in [0.2, 0.25) is 0 Å². The molecule has 6 heteroatoms. The molecule has 0 spiro atoms. The molecule has 94 valence electrons. The van der Waals surface area contributed by atoms with Crippen LogP contribution in [0.15, 0.2) is 29.8 Å². The van der Waals surface area contributed by atoms with Gasteiger partial charge in [-0.25, -0.2) is 4.98 Å².